The number of carbonyl (C=O) groups excluding carboxylic acids is 2. The van der Waals surface area contributed by atoms with Crippen LogP contribution in [0.1, 0.15) is 30.7 Å². The second kappa shape index (κ2) is 8.47. The summed E-state index contributed by atoms with van der Waals surface area (Å²) in [4.78, 5) is 30.8. The molecule has 0 radical (unpaired) electrons. The monoisotopic (exact) mass is 416 g/mol. The van der Waals surface area contributed by atoms with Crippen molar-refractivity contribution in [2.45, 2.75) is 33.7 Å². The number of amides is 2. The van der Waals surface area contributed by atoms with Crippen LogP contribution >= 0.6 is 0 Å². The van der Waals surface area contributed by atoms with Gasteiger partial charge in [-0.15, -0.1) is 0 Å². The van der Waals surface area contributed by atoms with E-state index < -0.39 is 0 Å². The lowest BCUT2D eigenvalue weighted by molar-refractivity contribution is -0.128. The molecular weight excluding hydrogens is 388 g/mol. The zero-order valence-corrected chi connectivity index (χ0v) is 18.2. The summed E-state index contributed by atoms with van der Waals surface area (Å²) in [6.07, 6.45) is 0.841. The van der Waals surface area contributed by atoms with Crippen molar-refractivity contribution >= 4 is 28.4 Å². The van der Waals surface area contributed by atoms with Gasteiger partial charge in [0.2, 0.25) is 11.8 Å². The number of piperazine rings is 1. The van der Waals surface area contributed by atoms with Gasteiger partial charge in [0.1, 0.15) is 6.54 Å². The Labute approximate surface area is 182 Å². The van der Waals surface area contributed by atoms with Crippen LogP contribution in [0.15, 0.2) is 42.5 Å². The predicted octanol–water partition coefficient (Wildman–Crippen LogP) is 3.33. The van der Waals surface area contributed by atoms with Crippen molar-refractivity contribution in [1.29, 1.82) is 0 Å². The molecule has 31 heavy (non-hydrogen) atoms. The average Bonchev–Trinajstić information content (AvgIpc) is 2.74. The Morgan fingerprint density at radius 3 is 2.55 bits per heavy atom. The minimum absolute atomic E-state index is 0.0152. The number of nitrogens with one attached hydrogen (secondary N) is 1. The molecular formula is C25H28N4O2. The highest BCUT2D eigenvalue weighted by Crippen LogP contribution is 2.36. The molecule has 1 fully saturated rings. The second-order valence-electron chi connectivity index (χ2n) is 8.54. The van der Waals surface area contributed by atoms with E-state index in [-0.39, 0.29) is 24.9 Å². The number of anilines is 1. The summed E-state index contributed by atoms with van der Waals surface area (Å²) in [6, 6.07) is 14.2. The van der Waals surface area contributed by atoms with E-state index in [2.05, 4.69) is 50.4 Å². The van der Waals surface area contributed by atoms with Crippen molar-refractivity contribution in [2.24, 2.45) is 11.7 Å². The summed E-state index contributed by atoms with van der Waals surface area (Å²) < 4.78 is 0. The SMILES string of the molecule is Cc1ccc(-c2c(CN)c(CC(C)C)nc3ccc(N4CC(=O)NCC4=O)cc23)cc1. The van der Waals surface area contributed by atoms with Crippen molar-refractivity contribution in [3.8, 4) is 11.1 Å². The highest BCUT2D eigenvalue weighted by molar-refractivity contribution is 6.06. The molecule has 2 heterocycles. The Hall–Kier alpha value is -3.25. The van der Waals surface area contributed by atoms with Crippen LogP contribution in [0.3, 0.4) is 0 Å². The van der Waals surface area contributed by atoms with Crippen molar-refractivity contribution < 1.29 is 9.59 Å². The molecule has 1 saturated heterocycles. The quantitative estimate of drug-likeness (QED) is 0.668. The Morgan fingerprint density at radius 2 is 1.87 bits per heavy atom. The third kappa shape index (κ3) is 4.16. The van der Waals surface area contributed by atoms with Gasteiger partial charge < -0.3 is 16.0 Å². The van der Waals surface area contributed by atoms with Crippen LogP contribution in [0.2, 0.25) is 0 Å². The molecule has 1 aromatic heterocycles. The second-order valence-corrected chi connectivity index (χ2v) is 8.54. The fraction of sp³-hybridized carbons (Fsp3) is 0.320. The van der Waals surface area contributed by atoms with Crippen molar-refractivity contribution in [2.75, 3.05) is 18.0 Å². The summed E-state index contributed by atoms with van der Waals surface area (Å²) in [5.41, 5.74) is 13.2. The molecule has 1 aliphatic heterocycles. The first-order valence-corrected chi connectivity index (χ1v) is 10.7. The Kier molecular flexibility index (Phi) is 5.74. The number of carbonyl (C=O) groups is 2. The van der Waals surface area contributed by atoms with Crippen LogP contribution in [-0.2, 0) is 22.6 Å². The van der Waals surface area contributed by atoms with Crippen LogP contribution in [0.5, 0.6) is 0 Å². The number of benzene rings is 2. The van der Waals surface area contributed by atoms with E-state index in [0.717, 1.165) is 39.7 Å². The van der Waals surface area contributed by atoms with E-state index in [0.29, 0.717) is 18.2 Å². The van der Waals surface area contributed by atoms with Gasteiger partial charge in [0, 0.05) is 23.3 Å². The number of nitrogens with two attached hydrogens (primary N) is 1. The maximum atomic E-state index is 12.4. The van der Waals surface area contributed by atoms with E-state index in [4.69, 9.17) is 10.7 Å². The lowest BCUT2D eigenvalue weighted by Crippen LogP contribution is -2.51. The molecule has 160 valence electrons. The van der Waals surface area contributed by atoms with Gasteiger partial charge >= 0.3 is 0 Å². The first-order chi connectivity index (χ1) is 14.9. The molecule has 2 aromatic carbocycles. The van der Waals surface area contributed by atoms with Gasteiger partial charge in [0.05, 0.1) is 12.1 Å². The predicted molar refractivity (Wildman–Crippen MR) is 124 cm³/mol. The molecule has 2 amide bonds. The van der Waals surface area contributed by atoms with Crippen molar-refractivity contribution in [3.63, 3.8) is 0 Å². The molecule has 0 unspecified atom stereocenters. The van der Waals surface area contributed by atoms with Gasteiger partial charge in [-0.3, -0.25) is 14.6 Å². The summed E-state index contributed by atoms with van der Waals surface area (Å²) in [5, 5.41) is 3.53. The lowest BCUT2D eigenvalue weighted by atomic mass is 9.91. The molecule has 3 aromatic rings. The van der Waals surface area contributed by atoms with Crippen molar-refractivity contribution in [3.05, 3.63) is 59.3 Å². The number of aromatic nitrogens is 1. The van der Waals surface area contributed by atoms with Gasteiger partial charge in [-0.05, 0) is 54.2 Å². The fourth-order valence-corrected chi connectivity index (χ4v) is 4.13. The molecule has 0 bridgehead atoms. The number of aryl methyl sites for hydroxylation is 1. The zero-order chi connectivity index (χ0) is 22.1. The smallest absolute Gasteiger partial charge is 0.246 e. The van der Waals surface area contributed by atoms with Crippen LogP contribution in [-0.4, -0.2) is 29.9 Å². The minimum atomic E-state index is -0.161. The fourth-order valence-electron chi connectivity index (χ4n) is 4.13. The highest BCUT2D eigenvalue weighted by atomic mass is 16.2. The molecule has 6 heteroatoms. The van der Waals surface area contributed by atoms with Crippen molar-refractivity contribution in [1.82, 2.24) is 10.3 Å². The van der Waals surface area contributed by atoms with Gasteiger partial charge in [-0.1, -0.05) is 43.7 Å². The van der Waals surface area contributed by atoms with Crippen LogP contribution in [0, 0.1) is 12.8 Å². The lowest BCUT2D eigenvalue weighted by Gasteiger charge is -2.27. The maximum absolute atomic E-state index is 12.4. The van der Waals surface area contributed by atoms with Gasteiger partial charge in [-0.2, -0.15) is 0 Å². The van der Waals surface area contributed by atoms with E-state index in [1.165, 1.54) is 10.5 Å². The largest absolute Gasteiger partial charge is 0.345 e. The Balaban J connectivity index is 1.96. The van der Waals surface area contributed by atoms with E-state index in [9.17, 15) is 9.59 Å². The summed E-state index contributed by atoms with van der Waals surface area (Å²) in [6.45, 7) is 6.83. The molecule has 4 rings (SSSR count). The molecule has 0 saturated carbocycles. The zero-order valence-electron chi connectivity index (χ0n) is 18.2. The van der Waals surface area contributed by atoms with Crippen LogP contribution in [0.4, 0.5) is 5.69 Å². The van der Waals surface area contributed by atoms with Gasteiger partial charge in [0.15, 0.2) is 0 Å². The Morgan fingerprint density at radius 1 is 1.13 bits per heavy atom. The number of rotatable bonds is 5. The summed E-state index contributed by atoms with van der Waals surface area (Å²) in [5.74, 6) is 0.163. The number of hydrogen-bond acceptors (Lipinski definition) is 4. The number of hydrogen-bond donors (Lipinski definition) is 2. The molecule has 6 nitrogen and oxygen atoms in total. The van der Waals surface area contributed by atoms with E-state index in [1.54, 1.807) is 0 Å². The molecule has 1 aliphatic rings. The minimum Gasteiger partial charge on any atom is -0.345 e. The number of nitrogens with zero attached hydrogens (tertiary/aromatic N) is 2. The molecule has 0 atom stereocenters. The average molecular weight is 417 g/mol. The standard InChI is InChI=1S/C25H28N4O2/c1-15(2)10-22-20(12-26)25(17-6-4-16(3)5-7-17)19-11-18(8-9-21(19)28-22)29-14-23(30)27-13-24(29)31/h4-9,11,15H,10,12-14,26H2,1-3H3,(H,27,30). The first kappa shape index (κ1) is 21.0. The highest BCUT2D eigenvalue weighted by Gasteiger charge is 2.25. The molecule has 0 aliphatic carbocycles. The number of pyridine rings is 1. The van der Waals surface area contributed by atoms with Crippen LogP contribution in [0.25, 0.3) is 22.0 Å². The molecule has 3 N–H and O–H groups in total. The normalized spacial score (nSPS) is 14.4. The summed E-state index contributed by atoms with van der Waals surface area (Å²) in [7, 11) is 0. The van der Waals surface area contributed by atoms with Gasteiger partial charge in [0.25, 0.3) is 0 Å². The van der Waals surface area contributed by atoms with Gasteiger partial charge in [-0.25, -0.2) is 0 Å². The van der Waals surface area contributed by atoms with E-state index in [1.807, 2.05) is 18.2 Å². The van der Waals surface area contributed by atoms with Crippen LogP contribution < -0.4 is 16.0 Å². The Bertz CT molecular complexity index is 1150. The first-order valence-electron chi connectivity index (χ1n) is 10.7. The van der Waals surface area contributed by atoms with E-state index >= 15 is 0 Å². The summed E-state index contributed by atoms with van der Waals surface area (Å²) >= 11 is 0. The topological polar surface area (TPSA) is 88.3 Å². The maximum Gasteiger partial charge on any atom is 0.246 e. The third-order valence-corrected chi connectivity index (χ3v) is 5.65. The number of fused-ring (bicyclic) bond motifs is 1. The molecule has 0 spiro atoms. The third-order valence-electron chi connectivity index (χ3n) is 5.65.